The van der Waals surface area contributed by atoms with Crippen LogP contribution >= 0.6 is 0 Å². The fourth-order valence-electron chi connectivity index (χ4n) is 4.48. The fourth-order valence-corrected chi connectivity index (χ4v) is 4.48. The first kappa shape index (κ1) is 16.3. The van der Waals surface area contributed by atoms with Crippen LogP contribution in [0.1, 0.15) is 33.1 Å². The lowest BCUT2D eigenvalue weighted by molar-refractivity contribution is -0.150. The van der Waals surface area contributed by atoms with Crippen LogP contribution in [-0.4, -0.2) is 50.5 Å². The first-order chi connectivity index (χ1) is 11.9. The number of fused-ring (bicyclic) bond motifs is 1. The average Bonchev–Trinajstić information content (AvgIpc) is 3.42. The molecule has 0 spiro atoms. The lowest BCUT2D eigenvalue weighted by atomic mass is 9.99. The molecular formula is C18H24N4O3. The van der Waals surface area contributed by atoms with E-state index in [1.54, 1.807) is 17.3 Å². The van der Waals surface area contributed by atoms with E-state index in [0.29, 0.717) is 24.1 Å². The molecule has 0 radical (unpaired) electrons. The molecule has 7 heteroatoms. The SMILES string of the molecule is CC1(C)[C@@H]2[C@@H](C(=O)O)N(C(=O)C(CC3CC3)Nc3cncnc3)C[C@@H]21. The zero-order valence-corrected chi connectivity index (χ0v) is 14.6. The molecule has 134 valence electrons. The number of aliphatic carboxylic acids is 1. The van der Waals surface area contributed by atoms with Crippen LogP contribution in [0.15, 0.2) is 18.7 Å². The Morgan fingerprint density at radius 2 is 2.04 bits per heavy atom. The smallest absolute Gasteiger partial charge is 0.326 e. The van der Waals surface area contributed by atoms with Crippen molar-refractivity contribution in [1.82, 2.24) is 14.9 Å². The molecule has 4 atom stereocenters. The molecule has 2 saturated carbocycles. The van der Waals surface area contributed by atoms with Crippen LogP contribution in [0.25, 0.3) is 0 Å². The van der Waals surface area contributed by atoms with Gasteiger partial charge >= 0.3 is 5.97 Å². The number of rotatable bonds is 6. The van der Waals surface area contributed by atoms with Gasteiger partial charge in [-0.05, 0) is 23.7 Å². The zero-order valence-electron chi connectivity index (χ0n) is 14.6. The molecule has 1 aromatic heterocycles. The molecule has 2 N–H and O–H groups in total. The van der Waals surface area contributed by atoms with Gasteiger partial charge in [-0.15, -0.1) is 0 Å². The van der Waals surface area contributed by atoms with Crippen LogP contribution in [0.3, 0.4) is 0 Å². The number of piperidine rings is 1. The van der Waals surface area contributed by atoms with E-state index in [1.807, 2.05) is 0 Å². The van der Waals surface area contributed by atoms with Crippen molar-refractivity contribution in [2.24, 2.45) is 23.2 Å². The summed E-state index contributed by atoms with van der Waals surface area (Å²) in [5.74, 6) is -0.0940. The van der Waals surface area contributed by atoms with Gasteiger partial charge in [-0.3, -0.25) is 4.79 Å². The lowest BCUT2D eigenvalue weighted by Crippen LogP contribution is -2.51. The molecule has 3 aliphatic rings. The van der Waals surface area contributed by atoms with Crippen molar-refractivity contribution in [3.8, 4) is 0 Å². The van der Waals surface area contributed by atoms with Gasteiger partial charge in [-0.2, -0.15) is 0 Å². The standard InChI is InChI=1S/C18H24N4O3/c1-18(2)12-8-22(15(14(12)18)17(24)25)16(23)13(5-10-3-4-10)21-11-6-19-9-20-7-11/h6-7,9-10,12-15,21H,3-5,8H2,1-2H3,(H,24,25)/t12-,13?,14-,15-/m0/s1. The van der Waals surface area contributed by atoms with Crippen LogP contribution in [0.5, 0.6) is 0 Å². The Morgan fingerprint density at radius 1 is 1.36 bits per heavy atom. The van der Waals surface area contributed by atoms with E-state index in [0.717, 1.165) is 19.3 Å². The molecule has 1 saturated heterocycles. The second kappa shape index (κ2) is 5.68. The van der Waals surface area contributed by atoms with E-state index in [-0.39, 0.29) is 17.2 Å². The Hall–Kier alpha value is -2.18. The number of anilines is 1. The second-order valence-corrected chi connectivity index (χ2v) is 8.23. The second-order valence-electron chi connectivity index (χ2n) is 8.23. The molecule has 2 heterocycles. The predicted octanol–water partition coefficient (Wildman–Crippen LogP) is 1.62. The molecule has 0 bridgehead atoms. The van der Waals surface area contributed by atoms with Crippen molar-refractivity contribution in [3.63, 3.8) is 0 Å². The minimum absolute atomic E-state index is 0.0204. The molecule has 2 aliphatic carbocycles. The van der Waals surface area contributed by atoms with Gasteiger partial charge < -0.3 is 15.3 Å². The number of likely N-dealkylation sites (tertiary alicyclic amines) is 1. The molecule has 3 fully saturated rings. The number of hydrogen-bond donors (Lipinski definition) is 2. The zero-order chi connectivity index (χ0) is 17.8. The number of nitrogens with one attached hydrogen (secondary N) is 1. The van der Waals surface area contributed by atoms with E-state index < -0.39 is 18.1 Å². The van der Waals surface area contributed by atoms with Gasteiger partial charge in [0.15, 0.2) is 0 Å². The van der Waals surface area contributed by atoms with Crippen molar-refractivity contribution in [1.29, 1.82) is 0 Å². The third-order valence-corrected chi connectivity index (χ3v) is 6.21. The summed E-state index contributed by atoms with van der Waals surface area (Å²) in [4.78, 5) is 34.5. The monoisotopic (exact) mass is 344 g/mol. The summed E-state index contributed by atoms with van der Waals surface area (Å²) in [7, 11) is 0. The summed E-state index contributed by atoms with van der Waals surface area (Å²) in [6.07, 6.45) is 7.72. The number of carbonyl (C=O) groups is 2. The Morgan fingerprint density at radius 3 is 2.64 bits per heavy atom. The largest absolute Gasteiger partial charge is 0.480 e. The first-order valence-electron chi connectivity index (χ1n) is 8.94. The summed E-state index contributed by atoms with van der Waals surface area (Å²) in [6.45, 7) is 4.74. The van der Waals surface area contributed by atoms with Crippen LogP contribution in [0.2, 0.25) is 0 Å². The number of aromatic nitrogens is 2. The third kappa shape index (κ3) is 2.85. The van der Waals surface area contributed by atoms with Crippen molar-refractivity contribution in [2.45, 2.75) is 45.2 Å². The maximum absolute atomic E-state index is 13.2. The average molecular weight is 344 g/mol. The number of nitrogens with zero attached hydrogens (tertiary/aromatic N) is 3. The number of carbonyl (C=O) groups excluding carboxylic acids is 1. The fraction of sp³-hybridized carbons (Fsp3) is 0.667. The summed E-state index contributed by atoms with van der Waals surface area (Å²) in [5.41, 5.74) is 0.713. The molecule has 1 aliphatic heterocycles. The Balaban J connectivity index is 1.53. The molecule has 25 heavy (non-hydrogen) atoms. The summed E-state index contributed by atoms with van der Waals surface area (Å²) >= 11 is 0. The van der Waals surface area contributed by atoms with Gasteiger partial charge in [0.25, 0.3) is 0 Å². The summed E-state index contributed by atoms with van der Waals surface area (Å²) in [5, 5.41) is 12.9. The number of carboxylic acid groups (broad SMARTS) is 1. The number of hydrogen-bond acceptors (Lipinski definition) is 5. The topological polar surface area (TPSA) is 95.4 Å². The highest BCUT2D eigenvalue weighted by Gasteiger charge is 2.69. The minimum Gasteiger partial charge on any atom is -0.480 e. The minimum atomic E-state index is -0.889. The molecule has 7 nitrogen and oxygen atoms in total. The van der Waals surface area contributed by atoms with Gasteiger partial charge in [0.05, 0.1) is 18.1 Å². The highest BCUT2D eigenvalue weighted by molar-refractivity contribution is 5.90. The van der Waals surface area contributed by atoms with E-state index in [1.165, 1.54) is 6.33 Å². The highest BCUT2D eigenvalue weighted by atomic mass is 16.4. The van der Waals surface area contributed by atoms with Crippen molar-refractivity contribution < 1.29 is 14.7 Å². The molecule has 0 aromatic carbocycles. The Bertz CT molecular complexity index is 689. The van der Waals surface area contributed by atoms with E-state index >= 15 is 0 Å². The highest BCUT2D eigenvalue weighted by Crippen LogP contribution is 2.64. The van der Waals surface area contributed by atoms with E-state index in [2.05, 4.69) is 29.1 Å². The maximum atomic E-state index is 13.2. The molecule has 1 aromatic rings. The van der Waals surface area contributed by atoms with E-state index in [9.17, 15) is 14.7 Å². The Kier molecular flexibility index (Phi) is 3.70. The maximum Gasteiger partial charge on any atom is 0.326 e. The van der Waals surface area contributed by atoms with Gasteiger partial charge in [0.2, 0.25) is 5.91 Å². The quantitative estimate of drug-likeness (QED) is 0.814. The number of amides is 1. The van der Waals surface area contributed by atoms with Gasteiger partial charge in [0, 0.05) is 12.5 Å². The number of carboxylic acids is 1. The van der Waals surface area contributed by atoms with Crippen molar-refractivity contribution in [2.75, 3.05) is 11.9 Å². The van der Waals surface area contributed by atoms with Crippen LogP contribution in [-0.2, 0) is 9.59 Å². The normalized spacial score (nSPS) is 30.5. The predicted molar refractivity (Wildman–Crippen MR) is 90.7 cm³/mol. The van der Waals surface area contributed by atoms with Crippen LogP contribution in [0.4, 0.5) is 5.69 Å². The first-order valence-corrected chi connectivity index (χ1v) is 8.94. The summed E-state index contributed by atoms with van der Waals surface area (Å²) < 4.78 is 0. The van der Waals surface area contributed by atoms with Crippen molar-refractivity contribution >= 4 is 17.6 Å². The molecule has 1 unspecified atom stereocenters. The van der Waals surface area contributed by atoms with Gasteiger partial charge in [-0.25, -0.2) is 14.8 Å². The summed E-state index contributed by atoms with van der Waals surface area (Å²) in [6, 6.07) is -1.12. The lowest BCUT2D eigenvalue weighted by Gasteiger charge is -2.32. The molecule has 1 amide bonds. The van der Waals surface area contributed by atoms with E-state index in [4.69, 9.17) is 0 Å². The third-order valence-electron chi connectivity index (χ3n) is 6.21. The van der Waals surface area contributed by atoms with Gasteiger partial charge in [-0.1, -0.05) is 26.7 Å². The van der Waals surface area contributed by atoms with Gasteiger partial charge in [0.1, 0.15) is 18.4 Å². The molecular weight excluding hydrogens is 320 g/mol. The Labute approximate surface area is 146 Å². The van der Waals surface area contributed by atoms with Crippen LogP contribution in [0, 0.1) is 23.2 Å². The molecule has 4 rings (SSSR count). The van der Waals surface area contributed by atoms with Crippen molar-refractivity contribution in [3.05, 3.63) is 18.7 Å². The van der Waals surface area contributed by atoms with Crippen LogP contribution < -0.4 is 5.32 Å².